The number of amides is 2. The number of carbonyl (C=O) groups is 1. The summed E-state index contributed by atoms with van der Waals surface area (Å²) in [4.78, 5) is 14.8. The number of nitrogens with zero attached hydrogens (tertiary/aromatic N) is 3. The lowest BCUT2D eigenvalue weighted by molar-refractivity contribution is -0.140. The van der Waals surface area contributed by atoms with Gasteiger partial charge in [0.15, 0.2) is 0 Å². The summed E-state index contributed by atoms with van der Waals surface area (Å²) in [7, 11) is -1.27. The van der Waals surface area contributed by atoms with Gasteiger partial charge >= 0.3 is 12.2 Å². The number of fused-ring (bicyclic) bond motifs is 1. The topological polar surface area (TPSA) is 177 Å². The molecule has 4 rings (SSSR count). The van der Waals surface area contributed by atoms with Crippen LogP contribution in [-0.2, 0) is 21.3 Å². The number of carbonyl (C=O) groups excluding carboxylic acids is 1. The average molecular weight is 742 g/mol. The molecule has 1 aliphatic rings. The molecule has 4 atom stereocenters. The third kappa shape index (κ3) is 10.9. The molecule has 1 saturated heterocycles. The lowest BCUT2D eigenvalue weighted by Gasteiger charge is -2.36. The minimum atomic E-state index is -4.59. The quantitative estimate of drug-likeness (QED) is 0.123. The van der Waals surface area contributed by atoms with Crippen LogP contribution in [0.2, 0.25) is 0 Å². The molecule has 2 unspecified atom stereocenters. The molecular weight excluding hydrogens is 698 g/mol. The van der Waals surface area contributed by atoms with E-state index in [9.17, 15) is 31.5 Å². The zero-order chi connectivity index (χ0) is 37.5. The van der Waals surface area contributed by atoms with Gasteiger partial charge in [0.2, 0.25) is 10.0 Å². The summed E-state index contributed by atoms with van der Waals surface area (Å²) in [5.41, 5.74) is 6.40. The first kappa shape index (κ1) is 39.5. The number of halogens is 4. The SMILES string of the molecule is COC[C@H](O)CN1CCC(Nc2cccc3c2cc(C#CCN(C[C@@H](C)NC(N)=O)c2ccc(S(N)(=O)=O)cc2OC)n3CC(F)(F)F)C(F)C1. The molecule has 1 aliphatic heterocycles. The first-order chi connectivity index (χ1) is 24.0. The fraction of sp³-hybridized carbons (Fsp3) is 0.485. The smallest absolute Gasteiger partial charge is 0.406 e. The van der Waals surface area contributed by atoms with Crippen molar-refractivity contribution < 1.29 is 45.4 Å². The Morgan fingerprint density at radius 3 is 2.59 bits per heavy atom. The van der Waals surface area contributed by atoms with Crippen molar-refractivity contribution in [3.8, 4) is 17.6 Å². The number of sulfonamides is 1. The number of alkyl halides is 4. The molecule has 1 aromatic heterocycles. The van der Waals surface area contributed by atoms with Crippen molar-refractivity contribution in [1.82, 2.24) is 14.8 Å². The zero-order valence-corrected chi connectivity index (χ0v) is 29.2. The predicted octanol–water partition coefficient (Wildman–Crippen LogP) is 2.61. The van der Waals surface area contributed by atoms with Crippen LogP contribution in [0, 0.1) is 11.8 Å². The molecule has 3 aromatic rings. The zero-order valence-electron chi connectivity index (χ0n) is 28.4. The number of likely N-dealkylation sites (tertiary alicyclic amines) is 1. The standard InChI is InChI=1S/C33H43F4N7O6S/c1-21(40-32(38)46)16-43(30-10-9-24(51(39,47)48)15-31(30)50-3)12-5-6-22-14-25-27(7-4-8-29(25)44(22)20-33(35,36)37)41-28-11-13-42(18-26(28)34)17-23(45)19-49-2/h4,7-10,14-15,21,23,26,28,41,45H,11-13,16-20H2,1-3H3,(H3,38,40,46)(H2,39,47,48)/t21-,23-,26?,28?/m1/s1. The van der Waals surface area contributed by atoms with E-state index >= 15 is 4.39 Å². The van der Waals surface area contributed by atoms with E-state index in [4.69, 9.17) is 20.3 Å². The minimum Gasteiger partial charge on any atom is -0.495 e. The molecule has 1 fully saturated rings. The van der Waals surface area contributed by atoms with Crippen LogP contribution >= 0.6 is 0 Å². The molecule has 0 aliphatic carbocycles. The fourth-order valence-corrected chi connectivity index (χ4v) is 6.62. The van der Waals surface area contributed by atoms with Gasteiger partial charge in [0.1, 0.15) is 18.5 Å². The van der Waals surface area contributed by atoms with Gasteiger partial charge in [-0.25, -0.2) is 22.7 Å². The van der Waals surface area contributed by atoms with Gasteiger partial charge in [-0.05, 0) is 49.6 Å². The van der Waals surface area contributed by atoms with Crippen molar-refractivity contribution in [3.63, 3.8) is 0 Å². The maximum absolute atomic E-state index is 15.3. The molecule has 2 amide bonds. The van der Waals surface area contributed by atoms with Gasteiger partial charge in [0.25, 0.3) is 0 Å². The van der Waals surface area contributed by atoms with Gasteiger partial charge in [-0.1, -0.05) is 12.0 Å². The van der Waals surface area contributed by atoms with Gasteiger partial charge in [-0.3, -0.25) is 4.90 Å². The van der Waals surface area contributed by atoms with Crippen LogP contribution in [0.3, 0.4) is 0 Å². The number of primary sulfonamides is 1. The fourth-order valence-electron chi connectivity index (χ4n) is 6.09. The van der Waals surface area contributed by atoms with Gasteiger partial charge in [-0.2, -0.15) is 13.2 Å². The maximum atomic E-state index is 15.3. The van der Waals surface area contributed by atoms with Crippen molar-refractivity contribution >= 4 is 38.3 Å². The number of aliphatic hydroxyl groups excluding tert-OH is 1. The Labute approximate surface area is 293 Å². The largest absolute Gasteiger partial charge is 0.495 e. The first-order valence-corrected chi connectivity index (χ1v) is 17.5. The van der Waals surface area contributed by atoms with E-state index in [-0.39, 0.29) is 54.6 Å². The highest BCUT2D eigenvalue weighted by Gasteiger charge is 2.32. The summed E-state index contributed by atoms with van der Waals surface area (Å²) in [6.07, 6.45) is -6.26. The van der Waals surface area contributed by atoms with Crippen LogP contribution in [0.15, 0.2) is 47.4 Å². The third-order valence-corrected chi connectivity index (χ3v) is 9.18. The number of rotatable bonds is 14. The Bertz CT molecular complexity index is 1850. The van der Waals surface area contributed by atoms with Crippen LogP contribution in [0.5, 0.6) is 5.75 Å². The highest BCUT2D eigenvalue weighted by atomic mass is 32.2. The molecule has 0 spiro atoms. The van der Waals surface area contributed by atoms with Crippen molar-refractivity contribution in [1.29, 1.82) is 0 Å². The number of primary amides is 1. The average Bonchev–Trinajstić information content (AvgIpc) is 3.37. The second-order valence-corrected chi connectivity index (χ2v) is 13.9. The number of ether oxygens (including phenoxy) is 2. The summed E-state index contributed by atoms with van der Waals surface area (Å²) in [6, 6.07) is 8.32. The Morgan fingerprint density at radius 2 is 1.96 bits per heavy atom. The minimum absolute atomic E-state index is 0.0510. The van der Waals surface area contributed by atoms with Crippen molar-refractivity contribution in [2.45, 2.75) is 55.3 Å². The van der Waals surface area contributed by atoms with E-state index < -0.39 is 53.1 Å². The number of piperidine rings is 1. The summed E-state index contributed by atoms with van der Waals surface area (Å²) in [5, 5.41) is 21.5. The van der Waals surface area contributed by atoms with Gasteiger partial charge in [-0.15, -0.1) is 0 Å². The van der Waals surface area contributed by atoms with E-state index in [1.54, 1.807) is 28.9 Å². The lowest BCUT2D eigenvalue weighted by atomic mass is 10.0. The van der Waals surface area contributed by atoms with Gasteiger partial charge in [0, 0.05) is 56.5 Å². The van der Waals surface area contributed by atoms with E-state index in [2.05, 4.69) is 22.5 Å². The number of aliphatic hydroxyl groups is 1. The number of anilines is 2. The van der Waals surface area contributed by atoms with Crippen molar-refractivity contribution in [2.75, 3.05) is 63.8 Å². The lowest BCUT2D eigenvalue weighted by Crippen LogP contribution is -2.50. The number of nitrogens with two attached hydrogens (primary N) is 2. The molecule has 51 heavy (non-hydrogen) atoms. The molecule has 7 N–H and O–H groups in total. The number of benzene rings is 2. The molecule has 0 saturated carbocycles. The van der Waals surface area contributed by atoms with Gasteiger partial charge < -0.3 is 40.4 Å². The van der Waals surface area contributed by atoms with Crippen LogP contribution in [0.25, 0.3) is 10.9 Å². The molecule has 0 bridgehead atoms. The first-order valence-electron chi connectivity index (χ1n) is 16.0. The molecule has 2 aromatic carbocycles. The number of methoxy groups -OCH3 is 2. The second-order valence-electron chi connectivity index (χ2n) is 12.4. The monoisotopic (exact) mass is 741 g/mol. The highest BCUT2D eigenvalue weighted by molar-refractivity contribution is 7.89. The molecule has 2 heterocycles. The van der Waals surface area contributed by atoms with Crippen LogP contribution in [0.1, 0.15) is 19.0 Å². The Kier molecular flexibility index (Phi) is 13.0. The second kappa shape index (κ2) is 16.8. The number of β-amino-alcohol motifs (C(OH)–C–C–N with tert-alkyl or cyclic N) is 1. The molecular formula is C33H43F4N7O6S. The van der Waals surface area contributed by atoms with Crippen LogP contribution in [0.4, 0.5) is 33.7 Å². The summed E-state index contributed by atoms with van der Waals surface area (Å²) < 4.78 is 92.2. The number of hydrogen-bond acceptors (Lipinski definition) is 9. The number of hydrogen-bond donors (Lipinski definition) is 5. The molecule has 13 nitrogen and oxygen atoms in total. The normalized spacial score (nSPS) is 18.1. The third-order valence-electron chi connectivity index (χ3n) is 8.27. The molecule has 280 valence electrons. The predicted molar refractivity (Wildman–Crippen MR) is 185 cm³/mol. The van der Waals surface area contributed by atoms with Crippen molar-refractivity contribution in [3.05, 3.63) is 48.2 Å². The van der Waals surface area contributed by atoms with Crippen molar-refractivity contribution in [2.24, 2.45) is 10.9 Å². The highest BCUT2D eigenvalue weighted by Crippen LogP contribution is 2.33. The van der Waals surface area contributed by atoms with E-state index in [0.29, 0.717) is 29.7 Å². The Morgan fingerprint density at radius 1 is 1.22 bits per heavy atom. The summed E-state index contributed by atoms with van der Waals surface area (Å²) in [5.74, 6) is 5.88. The van der Waals surface area contributed by atoms with E-state index in [1.807, 2.05) is 0 Å². The number of urea groups is 1. The summed E-state index contributed by atoms with van der Waals surface area (Å²) in [6.45, 7) is 1.31. The van der Waals surface area contributed by atoms with Crippen LogP contribution < -0.4 is 31.1 Å². The molecule has 0 radical (unpaired) electrons. The van der Waals surface area contributed by atoms with E-state index in [0.717, 1.165) is 4.57 Å². The van der Waals surface area contributed by atoms with E-state index in [1.165, 1.54) is 44.6 Å². The van der Waals surface area contributed by atoms with Crippen LogP contribution in [-0.4, -0.2) is 113 Å². The van der Waals surface area contributed by atoms with Gasteiger partial charge in [0.05, 0.1) is 54.2 Å². The Hall–Kier alpha value is -4.28. The summed E-state index contributed by atoms with van der Waals surface area (Å²) >= 11 is 0. The molecule has 18 heteroatoms. The number of aromatic nitrogens is 1. The Balaban J connectivity index is 1.66. The number of nitrogens with one attached hydrogen (secondary N) is 2. The maximum Gasteiger partial charge on any atom is 0.406 e.